The number of thioether (sulfide) groups is 1. The SMILES string of the molecule is CCC(=Cc1sc2ccc(Cl)cc2[n+]1CCCS(=O)(=O)[O-])C=C1Sc2ccc(Cl)cc2[NH+]1CCCOS(=O)O. The molecule has 14 heteroatoms. The number of hydrogen-bond donors (Lipinski definition) is 2. The van der Waals surface area contributed by atoms with Gasteiger partial charge in [-0.2, -0.15) is 8.78 Å². The lowest BCUT2D eigenvalue weighted by Crippen LogP contribution is -3.03. The topological polar surface area (TPSA) is 112 Å². The molecule has 0 saturated carbocycles. The number of halogens is 2. The van der Waals surface area contributed by atoms with Crippen LogP contribution in [0.15, 0.2) is 58.0 Å². The summed E-state index contributed by atoms with van der Waals surface area (Å²) in [5.74, 6) is -0.435. The van der Waals surface area contributed by atoms with E-state index in [1.165, 1.54) is 0 Å². The van der Waals surface area contributed by atoms with E-state index in [9.17, 15) is 17.2 Å². The van der Waals surface area contributed by atoms with Crippen LogP contribution in [0.25, 0.3) is 16.3 Å². The Morgan fingerprint density at radius 2 is 1.95 bits per heavy atom. The zero-order valence-corrected chi connectivity index (χ0v) is 25.7. The van der Waals surface area contributed by atoms with E-state index < -0.39 is 27.2 Å². The van der Waals surface area contributed by atoms with Crippen molar-refractivity contribution in [1.82, 2.24) is 0 Å². The van der Waals surface area contributed by atoms with Gasteiger partial charge in [-0.15, -0.1) is 0 Å². The number of quaternary nitrogens is 1. The molecule has 1 aromatic heterocycles. The largest absolute Gasteiger partial charge is 0.748 e. The first-order valence-corrected chi connectivity index (χ1v) is 17.1. The second-order valence-corrected chi connectivity index (χ2v) is 14.0. The maximum atomic E-state index is 11.2. The molecule has 39 heavy (non-hydrogen) atoms. The average Bonchev–Trinajstić information content (AvgIpc) is 3.37. The molecule has 0 spiro atoms. The number of thiazole rings is 1. The van der Waals surface area contributed by atoms with Crippen LogP contribution in [0.2, 0.25) is 10.0 Å². The minimum atomic E-state index is -4.31. The van der Waals surface area contributed by atoms with Gasteiger partial charge in [-0.05, 0) is 48.0 Å². The van der Waals surface area contributed by atoms with Crippen molar-refractivity contribution in [3.63, 3.8) is 0 Å². The molecule has 210 valence electrons. The monoisotopic (exact) mass is 649 g/mol. The lowest BCUT2D eigenvalue weighted by atomic mass is 10.2. The van der Waals surface area contributed by atoms with Crippen LogP contribution < -0.4 is 9.47 Å². The number of aromatic nitrogens is 1. The van der Waals surface area contributed by atoms with Gasteiger partial charge < -0.3 is 4.55 Å². The average molecular weight is 651 g/mol. The predicted molar refractivity (Wildman–Crippen MR) is 157 cm³/mol. The summed E-state index contributed by atoms with van der Waals surface area (Å²) in [6.45, 7) is 3.23. The number of nitrogens with zero attached hydrogens (tertiary/aromatic N) is 1. The second-order valence-electron chi connectivity index (χ2n) is 8.76. The van der Waals surface area contributed by atoms with Gasteiger partial charge >= 0.3 is 11.4 Å². The summed E-state index contributed by atoms with van der Waals surface area (Å²) < 4.78 is 61.2. The molecular weight excluding hydrogens is 623 g/mol. The number of nitrogens with one attached hydrogen (secondary N) is 1. The Morgan fingerprint density at radius 1 is 1.21 bits per heavy atom. The molecule has 0 saturated heterocycles. The van der Waals surface area contributed by atoms with Crippen molar-refractivity contribution in [1.29, 1.82) is 0 Å². The summed E-state index contributed by atoms with van der Waals surface area (Å²) in [5, 5.41) is 3.20. The van der Waals surface area contributed by atoms with E-state index in [1.807, 2.05) is 41.0 Å². The Hall–Kier alpha value is -1.32. The van der Waals surface area contributed by atoms with Crippen LogP contribution in [0.4, 0.5) is 5.69 Å². The Morgan fingerprint density at radius 3 is 2.67 bits per heavy atom. The normalized spacial score (nSPS) is 17.7. The highest BCUT2D eigenvalue weighted by Gasteiger charge is 2.31. The zero-order valence-electron chi connectivity index (χ0n) is 20.9. The van der Waals surface area contributed by atoms with Gasteiger partial charge in [0.2, 0.25) is 5.52 Å². The minimum Gasteiger partial charge on any atom is -0.748 e. The van der Waals surface area contributed by atoms with Crippen molar-refractivity contribution in [3.8, 4) is 0 Å². The quantitative estimate of drug-likeness (QED) is 0.124. The molecular formula is C25H27Cl2N2O6S4+. The molecule has 3 aromatic rings. The molecule has 1 aliphatic heterocycles. The number of benzene rings is 2. The second kappa shape index (κ2) is 13.6. The number of allylic oxidation sites excluding steroid dienone is 2. The Labute approximate surface area is 248 Å². The third-order valence-electron chi connectivity index (χ3n) is 6.04. The zero-order chi connectivity index (χ0) is 28.2. The van der Waals surface area contributed by atoms with Gasteiger partial charge in [0.25, 0.3) is 5.01 Å². The number of fused-ring (bicyclic) bond motifs is 2. The molecule has 1 aliphatic rings. The van der Waals surface area contributed by atoms with Crippen molar-refractivity contribution >= 4 is 89.8 Å². The van der Waals surface area contributed by atoms with Gasteiger partial charge in [-0.25, -0.2) is 8.42 Å². The number of aryl methyl sites for hydroxylation is 1. The fourth-order valence-corrected chi connectivity index (χ4v) is 7.72. The molecule has 2 N–H and O–H groups in total. The van der Waals surface area contributed by atoms with E-state index >= 15 is 0 Å². The highest BCUT2D eigenvalue weighted by Crippen LogP contribution is 2.38. The van der Waals surface area contributed by atoms with Gasteiger partial charge in [0.05, 0.1) is 28.2 Å². The third kappa shape index (κ3) is 8.35. The van der Waals surface area contributed by atoms with Gasteiger partial charge in [0, 0.05) is 52.9 Å². The van der Waals surface area contributed by atoms with E-state index in [4.69, 9.17) is 31.9 Å². The van der Waals surface area contributed by atoms with Crippen LogP contribution in [0, 0.1) is 0 Å². The van der Waals surface area contributed by atoms with Crippen molar-refractivity contribution in [2.45, 2.75) is 37.6 Å². The first kappa shape index (κ1) is 30.6. The van der Waals surface area contributed by atoms with Crippen molar-refractivity contribution in [2.75, 3.05) is 18.9 Å². The van der Waals surface area contributed by atoms with Crippen LogP contribution in [-0.2, 0) is 32.2 Å². The molecule has 8 nitrogen and oxygen atoms in total. The van der Waals surface area contributed by atoms with Crippen LogP contribution in [-0.4, -0.2) is 40.6 Å². The van der Waals surface area contributed by atoms with Crippen LogP contribution in [0.5, 0.6) is 0 Å². The van der Waals surface area contributed by atoms with Gasteiger partial charge in [0.15, 0.2) is 17.3 Å². The molecule has 0 bridgehead atoms. The summed E-state index contributed by atoms with van der Waals surface area (Å²) in [4.78, 5) is 2.19. The van der Waals surface area contributed by atoms with Crippen molar-refractivity contribution in [3.05, 3.63) is 68.1 Å². The van der Waals surface area contributed by atoms with Gasteiger partial charge in [0.1, 0.15) is 4.70 Å². The van der Waals surface area contributed by atoms with E-state index in [-0.39, 0.29) is 13.0 Å². The predicted octanol–water partition coefficient (Wildman–Crippen LogP) is 4.93. The smallest absolute Gasteiger partial charge is 0.301 e. The standard InChI is InChI=1S/C25H26Cl2N2O6S4/c1-2-17(13-24-28(9-3-11-35-38(30)31)20-15-18(26)5-7-22(20)36-24)14-25-29(10-4-12-39(32,33)34)21-16-19(27)6-8-23(21)37-25/h5-8,13-16H,2-4,9-12H2,1H3,(H-,30,31,32,33,34)/p+1. The molecule has 2 unspecified atom stereocenters. The van der Waals surface area contributed by atoms with E-state index in [0.717, 1.165) is 47.7 Å². The Kier molecular flexibility index (Phi) is 10.7. The maximum absolute atomic E-state index is 11.2. The van der Waals surface area contributed by atoms with E-state index in [0.29, 0.717) is 29.6 Å². The first-order valence-electron chi connectivity index (χ1n) is 12.1. The molecule has 2 atom stereocenters. The molecule has 4 rings (SSSR count). The summed E-state index contributed by atoms with van der Waals surface area (Å²) >= 11 is 13.5. The third-order valence-corrected chi connectivity index (χ3v) is 9.94. The molecule has 2 heterocycles. The van der Waals surface area contributed by atoms with E-state index in [2.05, 4.69) is 19.1 Å². The fourth-order valence-electron chi connectivity index (χ4n) is 4.28. The number of hydrogen-bond acceptors (Lipinski definition) is 7. The minimum absolute atomic E-state index is 0.153. The molecule has 0 aliphatic carbocycles. The lowest BCUT2D eigenvalue weighted by molar-refractivity contribution is -0.780. The molecule has 0 radical (unpaired) electrons. The number of rotatable bonds is 12. The lowest BCUT2D eigenvalue weighted by Gasteiger charge is -2.14. The van der Waals surface area contributed by atoms with Crippen LogP contribution in [0.1, 0.15) is 31.2 Å². The van der Waals surface area contributed by atoms with Gasteiger partial charge in [-0.1, -0.05) is 41.5 Å². The Balaban J connectivity index is 1.68. The Bertz CT molecular complexity index is 1560. The van der Waals surface area contributed by atoms with E-state index in [1.54, 1.807) is 23.1 Å². The summed E-state index contributed by atoms with van der Waals surface area (Å²) in [6.07, 6.45) is 5.73. The molecule has 0 amide bonds. The highest BCUT2D eigenvalue weighted by molar-refractivity contribution is 8.03. The summed E-state index contributed by atoms with van der Waals surface area (Å²) in [5.41, 5.74) is 2.99. The summed E-state index contributed by atoms with van der Waals surface area (Å²) in [6, 6.07) is 11.4. The van der Waals surface area contributed by atoms with Crippen molar-refractivity contribution < 1.29 is 35.4 Å². The fraction of sp³-hybridized carbons (Fsp3) is 0.320. The molecule has 0 fully saturated rings. The molecule has 2 aromatic carbocycles. The summed E-state index contributed by atoms with van der Waals surface area (Å²) in [7, 11) is -4.31. The van der Waals surface area contributed by atoms with Crippen molar-refractivity contribution in [2.24, 2.45) is 0 Å². The van der Waals surface area contributed by atoms with Gasteiger partial charge in [-0.3, -0.25) is 13.6 Å². The van der Waals surface area contributed by atoms with Crippen LogP contribution >= 0.6 is 46.3 Å². The highest BCUT2D eigenvalue weighted by atomic mass is 35.5. The maximum Gasteiger partial charge on any atom is 0.301 e. The van der Waals surface area contributed by atoms with Crippen LogP contribution in [0.3, 0.4) is 0 Å². The first-order chi connectivity index (χ1) is 18.5.